The van der Waals surface area contributed by atoms with Crippen LogP contribution < -0.4 is 21.2 Å². The van der Waals surface area contributed by atoms with Crippen molar-refractivity contribution < 1.29 is 46.7 Å². The third-order valence-electron chi connectivity index (χ3n) is 11.1. The zero-order valence-electron chi connectivity index (χ0n) is 34.7. The number of H-pyrrole nitrogens is 1. The van der Waals surface area contributed by atoms with Gasteiger partial charge in [0.15, 0.2) is 0 Å². The van der Waals surface area contributed by atoms with E-state index < -0.39 is 41.6 Å². The fraction of sp³-hybridized carbons (Fsp3) is 0.318. The van der Waals surface area contributed by atoms with E-state index in [-0.39, 0.29) is 42.9 Å². The van der Waals surface area contributed by atoms with Crippen LogP contribution in [0.4, 0.5) is 0 Å². The Morgan fingerprint density at radius 3 is 2.15 bits per heavy atom. The molecular formula is C44H45FeN9O8+2. The average molecular weight is 884 g/mol. The summed E-state index contributed by atoms with van der Waals surface area (Å²) < 4.78 is 6.69. The second-order valence-electron chi connectivity index (χ2n) is 14.9. The molecule has 3 atom stereocenters. The molecular weight excluding hydrogens is 838 g/mol. The van der Waals surface area contributed by atoms with E-state index >= 15 is 0 Å². The number of rotatable bonds is 11. The largest absolute Gasteiger partial charge is 4.00 e. The molecule has 18 heteroatoms. The van der Waals surface area contributed by atoms with Crippen LogP contribution in [0.1, 0.15) is 96.4 Å². The van der Waals surface area contributed by atoms with Crippen LogP contribution in [0.25, 0.3) is 60.9 Å². The number of carboxylic acid groups (broad SMARTS) is 2. The monoisotopic (exact) mass is 883 g/mol. The third-order valence-corrected chi connectivity index (χ3v) is 11.1. The predicted octanol–water partition coefficient (Wildman–Crippen LogP) is 6.56. The summed E-state index contributed by atoms with van der Waals surface area (Å²) in [6.45, 7) is 17.1. The molecule has 3 aliphatic heterocycles. The number of carboxylic acids is 2. The summed E-state index contributed by atoms with van der Waals surface area (Å²) in [4.78, 5) is 70.6. The van der Waals surface area contributed by atoms with Crippen LogP contribution in [-0.4, -0.2) is 65.5 Å². The number of aliphatic hydroxyl groups is 1. The number of nitrogens with zero attached hydrogens (tertiary/aromatic N) is 8. The molecule has 0 unspecified atom stereocenters. The maximum atomic E-state index is 11.7. The van der Waals surface area contributed by atoms with Crippen molar-refractivity contribution in [2.75, 3.05) is 6.61 Å². The molecule has 4 aromatic heterocycles. The van der Waals surface area contributed by atoms with E-state index in [0.29, 0.717) is 46.3 Å². The van der Waals surface area contributed by atoms with Gasteiger partial charge in [0, 0.05) is 41.5 Å². The maximum absolute atomic E-state index is 11.7. The second-order valence-corrected chi connectivity index (χ2v) is 14.9. The van der Waals surface area contributed by atoms with E-state index in [1.807, 2.05) is 52.0 Å². The van der Waals surface area contributed by atoms with Crippen molar-refractivity contribution in [2.24, 2.45) is 5.11 Å². The fourth-order valence-corrected chi connectivity index (χ4v) is 7.65. The van der Waals surface area contributed by atoms with Gasteiger partial charge in [0.1, 0.15) is 6.23 Å². The number of allylic oxidation sites excluding steroid dienone is 5. The van der Waals surface area contributed by atoms with Crippen LogP contribution in [0, 0.1) is 20.8 Å². The van der Waals surface area contributed by atoms with Crippen molar-refractivity contribution in [1.82, 2.24) is 29.5 Å². The van der Waals surface area contributed by atoms with Gasteiger partial charge in [-0.05, 0) is 75.3 Å². The zero-order chi connectivity index (χ0) is 44.3. The van der Waals surface area contributed by atoms with E-state index in [1.54, 1.807) is 19.1 Å². The molecule has 0 spiro atoms. The topological polar surface area (TPSA) is 262 Å². The molecule has 62 heavy (non-hydrogen) atoms. The molecule has 0 aliphatic carbocycles. The molecule has 1 saturated heterocycles. The number of azide groups is 1. The molecule has 17 nitrogen and oxygen atoms in total. The van der Waals surface area contributed by atoms with Crippen molar-refractivity contribution in [3.8, 4) is 0 Å². The van der Waals surface area contributed by atoms with Crippen molar-refractivity contribution in [2.45, 2.75) is 85.1 Å². The second kappa shape index (κ2) is 19.4. The predicted molar refractivity (Wildman–Crippen MR) is 231 cm³/mol. The molecule has 7 heterocycles. The molecule has 0 aromatic carbocycles. The number of nitrogens with one attached hydrogen (secondary N) is 1. The summed E-state index contributed by atoms with van der Waals surface area (Å²) in [5.41, 5.74) is 20.4. The Kier molecular flexibility index (Phi) is 14.6. The van der Waals surface area contributed by atoms with Crippen LogP contribution >= 0.6 is 0 Å². The van der Waals surface area contributed by atoms with Gasteiger partial charge >= 0.3 is 34.7 Å². The first-order valence-corrected chi connectivity index (χ1v) is 19.5. The molecule has 8 bridgehead atoms. The van der Waals surface area contributed by atoms with Gasteiger partial charge in [0.2, 0.25) is 0 Å². The van der Waals surface area contributed by atoms with E-state index in [9.17, 15) is 29.4 Å². The minimum absolute atomic E-state index is 0. The summed E-state index contributed by atoms with van der Waals surface area (Å²) >= 11 is 0. The Balaban J connectivity index is 0.000000304. The number of aryl methyl sites for hydroxylation is 4. The zero-order valence-corrected chi connectivity index (χ0v) is 35.8. The first-order chi connectivity index (χ1) is 29.1. The average Bonchev–Trinajstić information content (AvgIpc) is 3.98. The molecule has 7 rings (SSSR count). The Bertz CT molecular complexity index is 2890. The summed E-state index contributed by atoms with van der Waals surface area (Å²) in [6, 6.07) is 7.08. The molecule has 4 aromatic rings. The normalized spacial score (nSPS) is 16.8. The molecule has 0 radical (unpaired) electrons. The van der Waals surface area contributed by atoms with Gasteiger partial charge in [0.05, 0.1) is 41.5 Å². The molecule has 320 valence electrons. The van der Waals surface area contributed by atoms with Gasteiger partial charge in [-0.25, -0.2) is 14.8 Å². The van der Waals surface area contributed by atoms with Crippen LogP contribution in [0.3, 0.4) is 0 Å². The summed E-state index contributed by atoms with van der Waals surface area (Å²) in [7, 11) is 0. The molecule has 0 amide bonds. The Hall–Kier alpha value is -6.55. The van der Waals surface area contributed by atoms with E-state index in [1.165, 1.54) is 10.8 Å². The Labute approximate surface area is 365 Å². The van der Waals surface area contributed by atoms with Gasteiger partial charge < -0.3 is 30.0 Å². The number of aromatic amines is 1. The fourth-order valence-electron chi connectivity index (χ4n) is 7.65. The SMILES string of the molecule is C=CC1=C(C)c2cc3[n-]c(cc4nc(cc5[n-]c(cc1n2)c(C)c5C=C)C(C)=C4CCC(=O)O)c(CCC(=O)O)c3C.Cc1cn([C@H]2C[C@H](N=[N+]=[N-])[C@@H](CO)O2)c(=O)[nH]c1=O.[Fe+4]. The Morgan fingerprint density at radius 2 is 1.50 bits per heavy atom. The van der Waals surface area contributed by atoms with E-state index in [2.05, 4.69) is 28.2 Å². The van der Waals surface area contributed by atoms with Crippen LogP contribution in [-0.2, 0) is 37.8 Å². The number of fused-ring (bicyclic) bond motifs is 8. The van der Waals surface area contributed by atoms with Gasteiger partial charge in [-0.1, -0.05) is 71.4 Å². The summed E-state index contributed by atoms with van der Waals surface area (Å²) in [6.07, 6.45) is 4.39. The minimum Gasteiger partial charge on any atom is -0.657 e. The van der Waals surface area contributed by atoms with Crippen molar-refractivity contribution in [1.29, 1.82) is 0 Å². The number of hydrogen-bond acceptors (Lipinski definition) is 9. The number of aromatic nitrogens is 6. The van der Waals surface area contributed by atoms with Gasteiger partial charge in [-0.15, -0.1) is 22.1 Å². The molecule has 1 fully saturated rings. The van der Waals surface area contributed by atoms with Crippen LogP contribution in [0.15, 0.2) is 64.4 Å². The number of aliphatic hydroxyl groups excluding tert-OH is 1. The van der Waals surface area contributed by atoms with E-state index in [4.69, 9.17) is 35.3 Å². The van der Waals surface area contributed by atoms with Gasteiger partial charge in [-0.3, -0.25) is 23.9 Å². The summed E-state index contributed by atoms with van der Waals surface area (Å²) in [5.74, 6) is -1.80. The standard InChI is InChI=1S/C34H34N4O4.C10H13N5O4.Fe/c1-7-21-17(3)25-13-26-19(5)23(9-11-33(39)40)31(37-26)16-32-24(10-12-34(41)42)20(6)28(38-32)15-30-22(8-2)18(4)27(36-30)14-29(21)35-25;1-5-3-15(10(18)12-9(5)17)8-2-6(13-14-11)7(4-16)19-8;/h7-8,13-16H,1-2,9-12H2,3-6H3,(H4,35,36,37,38,39,40,41,42);3,6-8,16H,2,4H2,1H3,(H,12,17,18);/q;;+4/p-2/t;6-,7+,8+;/m.0./s1. The third kappa shape index (κ3) is 9.49. The quantitative estimate of drug-likeness (QED) is 0.0540. The maximum Gasteiger partial charge on any atom is 4.00 e. The van der Waals surface area contributed by atoms with Crippen LogP contribution in [0.2, 0.25) is 0 Å². The van der Waals surface area contributed by atoms with Gasteiger partial charge in [0.25, 0.3) is 5.56 Å². The van der Waals surface area contributed by atoms with Crippen molar-refractivity contribution >= 4 is 62.4 Å². The molecule has 0 saturated carbocycles. The summed E-state index contributed by atoms with van der Waals surface area (Å²) in [5, 5.41) is 31.5. The number of carbonyl (C=O) groups is 2. The van der Waals surface area contributed by atoms with E-state index in [0.717, 1.165) is 61.5 Å². The number of aliphatic carboxylic acids is 2. The van der Waals surface area contributed by atoms with Crippen molar-refractivity contribution in [3.05, 3.63) is 132 Å². The van der Waals surface area contributed by atoms with Gasteiger partial charge in [-0.2, -0.15) is 0 Å². The first kappa shape index (κ1) is 46.5. The first-order valence-electron chi connectivity index (χ1n) is 19.5. The number of ether oxygens (including phenoxy) is 1. The minimum atomic E-state index is -0.898. The molecule has 4 N–H and O–H groups in total. The smallest absolute Gasteiger partial charge is 0.657 e. The Morgan fingerprint density at radius 1 is 0.903 bits per heavy atom. The van der Waals surface area contributed by atoms with Crippen LogP contribution in [0.5, 0.6) is 0 Å². The molecule has 3 aliphatic rings. The van der Waals surface area contributed by atoms with Crippen molar-refractivity contribution in [3.63, 3.8) is 0 Å². The number of hydrogen-bond donors (Lipinski definition) is 4.